The quantitative estimate of drug-likeness (QED) is 0.801. The number of nitrogens with zero attached hydrogens (tertiary/aromatic N) is 1. The summed E-state index contributed by atoms with van der Waals surface area (Å²) in [4.78, 5) is 2.54. The predicted molar refractivity (Wildman–Crippen MR) is 68.2 cm³/mol. The van der Waals surface area contributed by atoms with E-state index in [1.54, 1.807) is 7.11 Å². The van der Waals surface area contributed by atoms with Crippen molar-refractivity contribution in [3.8, 4) is 5.75 Å². The third kappa shape index (κ3) is 1.74. The molecule has 2 aliphatic heterocycles. The highest BCUT2D eigenvalue weighted by Gasteiger charge is 2.35. The number of piperidine rings is 1. The molecule has 1 aromatic carbocycles. The third-order valence-corrected chi connectivity index (χ3v) is 4.14. The van der Waals surface area contributed by atoms with Crippen molar-refractivity contribution in [2.45, 2.75) is 31.3 Å². The zero-order valence-corrected chi connectivity index (χ0v) is 10.4. The van der Waals surface area contributed by atoms with Crippen molar-refractivity contribution in [3.63, 3.8) is 0 Å². The number of hydrogen-bond acceptors (Lipinski definition) is 3. The first-order chi connectivity index (χ1) is 8.31. The van der Waals surface area contributed by atoms with Crippen LogP contribution in [0.15, 0.2) is 18.2 Å². The van der Waals surface area contributed by atoms with E-state index in [1.165, 1.54) is 24.1 Å². The molecule has 1 aromatic rings. The molecule has 2 unspecified atom stereocenters. The Balaban J connectivity index is 2.05. The standard InChI is InChI=1S/C14H20N2O/c1-17-13-6-2-4-11-10(13)7-9-16-8-3-5-12(15)14(11)16/h2,4,6,12,14H,3,5,7-9,15H2,1H3. The van der Waals surface area contributed by atoms with Gasteiger partial charge in [0.2, 0.25) is 0 Å². The van der Waals surface area contributed by atoms with Crippen molar-refractivity contribution >= 4 is 0 Å². The molecule has 3 rings (SSSR count). The van der Waals surface area contributed by atoms with E-state index in [0.717, 1.165) is 25.1 Å². The SMILES string of the molecule is COc1cccc2c1CCN1CCCC(N)C21. The summed E-state index contributed by atoms with van der Waals surface area (Å²) in [5.74, 6) is 1.03. The minimum absolute atomic E-state index is 0.273. The lowest BCUT2D eigenvalue weighted by Gasteiger charge is -2.44. The van der Waals surface area contributed by atoms with E-state index in [2.05, 4.69) is 23.1 Å². The van der Waals surface area contributed by atoms with E-state index in [1.807, 2.05) is 0 Å². The van der Waals surface area contributed by atoms with Crippen LogP contribution in [0.5, 0.6) is 5.75 Å². The van der Waals surface area contributed by atoms with Crippen molar-refractivity contribution in [1.29, 1.82) is 0 Å². The second kappa shape index (κ2) is 4.31. The summed E-state index contributed by atoms with van der Waals surface area (Å²) >= 11 is 0. The predicted octanol–water partition coefficient (Wildman–Crippen LogP) is 1.72. The van der Waals surface area contributed by atoms with Crippen LogP contribution >= 0.6 is 0 Å². The molecule has 0 saturated carbocycles. The number of rotatable bonds is 1. The van der Waals surface area contributed by atoms with Gasteiger partial charge >= 0.3 is 0 Å². The summed E-state index contributed by atoms with van der Waals surface area (Å²) in [7, 11) is 1.75. The Kier molecular flexibility index (Phi) is 2.81. The van der Waals surface area contributed by atoms with Crippen LogP contribution in [0.3, 0.4) is 0 Å². The van der Waals surface area contributed by atoms with E-state index in [4.69, 9.17) is 10.5 Å². The molecular formula is C14H20N2O. The van der Waals surface area contributed by atoms with E-state index < -0.39 is 0 Å². The van der Waals surface area contributed by atoms with E-state index >= 15 is 0 Å². The number of methoxy groups -OCH3 is 1. The molecule has 92 valence electrons. The minimum Gasteiger partial charge on any atom is -0.496 e. The van der Waals surface area contributed by atoms with Crippen LogP contribution in [0, 0.1) is 0 Å². The molecular weight excluding hydrogens is 212 g/mol. The second-order valence-corrected chi connectivity index (χ2v) is 5.06. The second-order valence-electron chi connectivity index (χ2n) is 5.06. The fraction of sp³-hybridized carbons (Fsp3) is 0.571. The van der Waals surface area contributed by atoms with Gasteiger partial charge in [-0.1, -0.05) is 12.1 Å². The molecule has 1 saturated heterocycles. The van der Waals surface area contributed by atoms with E-state index in [-0.39, 0.29) is 6.04 Å². The highest BCUT2D eigenvalue weighted by molar-refractivity contribution is 5.44. The highest BCUT2D eigenvalue weighted by atomic mass is 16.5. The highest BCUT2D eigenvalue weighted by Crippen LogP contribution is 2.39. The maximum Gasteiger partial charge on any atom is 0.122 e. The van der Waals surface area contributed by atoms with Crippen LogP contribution in [0.4, 0.5) is 0 Å². The van der Waals surface area contributed by atoms with Crippen molar-refractivity contribution in [2.24, 2.45) is 5.73 Å². The molecule has 2 N–H and O–H groups in total. The summed E-state index contributed by atoms with van der Waals surface area (Å²) in [5, 5.41) is 0. The number of hydrogen-bond donors (Lipinski definition) is 1. The molecule has 2 heterocycles. The van der Waals surface area contributed by atoms with E-state index in [0.29, 0.717) is 6.04 Å². The van der Waals surface area contributed by atoms with Gasteiger partial charge in [0.1, 0.15) is 5.75 Å². The molecule has 0 radical (unpaired) electrons. The van der Waals surface area contributed by atoms with Gasteiger partial charge in [0, 0.05) is 18.2 Å². The largest absolute Gasteiger partial charge is 0.496 e. The van der Waals surface area contributed by atoms with Gasteiger partial charge in [0.05, 0.1) is 13.2 Å². The first kappa shape index (κ1) is 11.1. The zero-order chi connectivity index (χ0) is 11.8. The van der Waals surface area contributed by atoms with Crippen LogP contribution in [-0.4, -0.2) is 31.1 Å². The smallest absolute Gasteiger partial charge is 0.122 e. The van der Waals surface area contributed by atoms with Gasteiger partial charge in [-0.3, -0.25) is 4.90 Å². The van der Waals surface area contributed by atoms with Gasteiger partial charge < -0.3 is 10.5 Å². The lowest BCUT2D eigenvalue weighted by molar-refractivity contribution is 0.118. The summed E-state index contributed by atoms with van der Waals surface area (Å²) in [6, 6.07) is 7.04. The Morgan fingerprint density at radius 3 is 3.06 bits per heavy atom. The number of ether oxygens (including phenoxy) is 1. The van der Waals surface area contributed by atoms with Crippen molar-refractivity contribution in [2.75, 3.05) is 20.2 Å². The maximum atomic E-state index is 6.31. The van der Waals surface area contributed by atoms with Gasteiger partial charge in [-0.25, -0.2) is 0 Å². The van der Waals surface area contributed by atoms with Crippen LogP contribution < -0.4 is 10.5 Å². The van der Waals surface area contributed by atoms with Crippen LogP contribution in [0.1, 0.15) is 30.0 Å². The van der Waals surface area contributed by atoms with Gasteiger partial charge in [-0.05, 0) is 37.4 Å². The molecule has 0 aliphatic carbocycles. The Morgan fingerprint density at radius 2 is 2.24 bits per heavy atom. The zero-order valence-electron chi connectivity index (χ0n) is 10.4. The van der Waals surface area contributed by atoms with Crippen molar-refractivity contribution in [1.82, 2.24) is 4.90 Å². The van der Waals surface area contributed by atoms with Gasteiger partial charge in [0.15, 0.2) is 0 Å². The topological polar surface area (TPSA) is 38.5 Å². The van der Waals surface area contributed by atoms with Crippen LogP contribution in [-0.2, 0) is 6.42 Å². The molecule has 17 heavy (non-hydrogen) atoms. The normalized spacial score (nSPS) is 28.4. The molecule has 0 aromatic heterocycles. The Hall–Kier alpha value is -1.06. The molecule has 0 bridgehead atoms. The lowest BCUT2D eigenvalue weighted by Crippen LogP contribution is -2.49. The fourth-order valence-electron chi connectivity index (χ4n) is 3.35. The molecule has 2 aliphatic rings. The van der Waals surface area contributed by atoms with Crippen LogP contribution in [0.2, 0.25) is 0 Å². The number of benzene rings is 1. The fourth-order valence-corrected chi connectivity index (χ4v) is 3.35. The number of fused-ring (bicyclic) bond motifs is 3. The minimum atomic E-state index is 0.273. The average Bonchev–Trinajstić information content (AvgIpc) is 2.37. The third-order valence-electron chi connectivity index (χ3n) is 4.14. The molecule has 0 amide bonds. The van der Waals surface area contributed by atoms with Crippen molar-refractivity contribution < 1.29 is 4.74 Å². The van der Waals surface area contributed by atoms with Gasteiger partial charge in [-0.2, -0.15) is 0 Å². The Labute approximate surface area is 103 Å². The first-order valence-electron chi connectivity index (χ1n) is 6.46. The van der Waals surface area contributed by atoms with Crippen molar-refractivity contribution in [3.05, 3.63) is 29.3 Å². The summed E-state index contributed by atoms with van der Waals surface area (Å²) in [5.41, 5.74) is 9.07. The average molecular weight is 232 g/mol. The molecule has 0 spiro atoms. The molecule has 1 fully saturated rings. The summed E-state index contributed by atoms with van der Waals surface area (Å²) in [6.07, 6.45) is 3.46. The van der Waals surface area contributed by atoms with Gasteiger partial charge in [0.25, 0.3) is 0 Å². The van der Waals surface area contributed by atoms with Crippen LogP contribution in [0.25, 0.3) is 0 Å². The Morgan fingerprint density at radius 1 is 1.35 bits per heavy atom. The molecule has 3 heteroatoms. The lowest BCUT2D eigenvalue weighted by atomic mass is 9.84. The molecule has 2 atom stereocenters. The summed E-state index contributed by atoms with van der Waals surface area (Å²) in [6.45, 7) is 2.31. The van der Waals surface area contributed by atoms with E-state index in [9.17, 15) is 0 Å². The monoisotopic (exact) mass is 232 g/mol. The maximum absolute atomic E-state index is 6.31. The Bertz CT molecular complexity index is 419. The summed E-state index contributed by atoms with van der Waals surface area (Å²) < 4.78 is 5.47. The first-order valence-corrected chi connectivity index (χ1v) is 6.46. The van der Waals surface area contributed by atoms with Gasteiger partial charge in [-0.15, -0.1) is 0 Å². The number of nitrogens with two attached hydrogens (primary N) is 1. The molecule has 3 nitrogen and oxygen atoms in total.